The van der Waals surface area contributed by atoms with Crippen molar-refractivity contribution in [2.24, 2.45) is 5.92 Å². The molecule has 116 valence electrons. The van der Waals surface area contributed by atoms with E-state index in [0.29, 0.717) is 19.4 Å². The van der Waals surface area contributed by atoms with E-state index in [4.69, 9.17) is 4.74 Å². The van der Waals surface area contributed by atoms with E-state index < -0.39 is 27.2 Å². The van der Waals surface area contributed by atoms with Crippen LogP contribution in [0.5, 0.6) is 0 Å². The highest BCUT2D eigenvalue weighted by Gasteiger charge is 2.40. The maximum absolute atomic E-state index is 12.4. The van der Waals surface area contributed by atoms with Crippen LogP contribution in [0.1, 0.15) is 38.5 Å². The zero-order valence-corrected chi connectivity index (χ0v) is 12.7. The third-order valence-electron chi connectivity index (χ3n) is 4.30. The van der Waals surface area contributed by atoms with Gasteiger partial charge in [0.25, 0.3) is 0 Å². The van der Waals surface area contributed by atoms with E-state index in [1.165, 1.54) is 7.11 Å². The minimum Gasteiger partial charge on any atom is -0.469 e. The van der Waals surface area contributed by atoms with Crippen LogP contribution in [0.2, 0.25) is 0 Å². The van der Waals surface area contributed by atoms with Crippen LogP contribution >= 0.6 is 0 Å². The maximum Gasteiger partial charge on any atom is 0.310 e. The quantitative estimate of drug-likeness (QED) is 0.718. The van der Waals surface area contributed by atoms with Gasteiger partial charge in [-0.25, -0.2) is 13.1 Å². The molecule has 1 heterocycles. The lowest BCUT2D eigenvalue weighted by atomic mass is 9.89. The normalized spacial score (nSPS) is 31.1. The van der Waals surface area contributed by atoms with Crippen LogP contribution in [-0.2, 0) is 19.6 Å². The van der Waals surface area contributed by atoms with Crippen LogP contribution in [0.15, 0.2) is 0 Å². The van der Waals surface area contributed by atoms with E-state index in [1.54, 1.807) is 0 Å². The summed E-state index contributed by atoms with van der Waals surface area (Å²) in [7, 11) is -2.15. The fourth-order valence-electron chi connectivity index (χ4n) is 3.14. The molecule has 0 spiro atoms. The number of hydrogen-bond donors (Lipinski definition) is 2. The van der Waals surface area contributed by atoms with Crippen molar-refractivity contribution in [2.75, 3.05) is 20.2 Å². The molecule has 0 aromatic heterocycles. The molecule has 0 bridgehead atoms. The lowest BCUT2D eigenvalue weighted by molar-refractivity contribution is -0.146. The van der Waals surface area contributed by atoms with Crippen LogP contribution in [0.4, 0.5) is 0 Å². The van der Waals surface area contributed by atoms with E-state index in [9.17, 15) is 13.2 Å². The summed E-state index contributed by atoms with van der Waals surface area (Å²) in [4.78, 5) is 11.8. The Bertz CT molecular complexity index is 432. The largest absolute Gasteiger partial charge is 0.469 e. The Kier molecular flexibility index (Phi) is 5.40. The van der Waals surface area contributed by atoms with E-state index in [-0.39, 0.29) is 6.04 Å². The molecule has 2 rings (SSSR count). The SMILES string of the molecule is COC(=O)C1CCCCC1S(=O)(=O)NCC1CCCN1. The Morgan fingerprint density at radius 2 is 2.00 bits per heavy atom. The van der Waals surface area contributed by atoms with E-state index in [0.717, 1.165) is 32.2 Å². The first kappa shape index (κ1) is 15.7. The summed E-state index contributed by atoms with van der Waals surface area (Å²) in [6.45, 7) is 1.35. The summed E-state index contributed by atoms with van der Waals surface area (Å²) in [5.41, 5.74) is 0. The predicted molar refractivity (Wildman–Crippen MR) is 75.7 cm³/mol. The molecule has 1 aliphatic heterocycles. The molecule has 2 N–H and O–H groups in total. The van der Waals surface area contributed by atoms with E-state index in [2.05, 4.69) is 10.0 Å². The fraction of sp³-hybridized carbons (Fsp3) is 0.923. The number of esters is 1. The Hall–Kier alpha value is -0.660. The van der Waals surface area contributed by atoms with E-state index >= 15 is 0 Å². The summed E-state index contributed by atoms with van der Waals surface area (Å²) in [6.07, 6.45) is 4.94. The molecule has 0 amide bonds. The van der Waals surface area contributed by atoms with Crippen molar-refractivity contribution in [3.8, 4) is 0 Å². The van der Waals surface area contributed by atoms with Gasteiger partial charge in [-0.1, -0.05) is 12.8 Å². The van der Waals surface area contributed by atoms with Gasteiger partial charge < -0.3 is 10.1 Å². The van der Waals surface area contributed by atoms with E-state index in [1.807, 2.05) is 0 Å². The average molecular weight is 304 g/mol. The standard InChI is InChI=1S/C13H24N2O4S/c1-19-13(16)11-6-2-3-7-12(11)20(17,18)15-9-10-5-4-8-14-10/h10-12,14-15H,2-9H2,1H3. The predicted octanol–water partition coefficient (Wildman–Crippen LogP) is 0.390. The third kappa shape index (κ3) is 3.71. The molecule has 3 unspecified atom stereocenters. The summed E-state index contributed by atoms with van der Waals surface area (Å²) in [5, 5.41) is 2.61. The van der Waals surface area contributed by atoms with Gasteiger partial charge >= 0.3 is 5.97 Å². The van der Waals surface area contributed by atoms with Crippen LogP contribution in [0.25, 0.3) is 0 Å². The first-order valence-electron chi connectivity index (χ1n) is 7.34. The number of methoxy groups -OCH3 is 1. The third-order valence-corrected chi connectivity index (χ3v) is 6.23. The molecular formula is C13H24N2O4S. The number of hydrogen-bond acceptors (Lipinski definition) is 5. The second-order valence-corrected chi connectivity index (χ2v) is 7.62. The Balaban J connectivity index is 1.99. The number of carbonyl (C=O) groups excluding carboxylic acids is 1. The van der Waals surface area contributed by atoms with Crippen molar-refractivity contribution in [1.82, 2.24) is 10.0 Å². The Morgan fingerprint density at radius 3 is 2.65 bits per heavy atom. The molecule has 1 saturated heterocycles. The number of rotatable bonds is 5. The van der Waals surface area contributed by atoms with Crippen LogP contribution in [0, 0.1) is 5.92 Å². The first-order valence-corrected chi connectivity index (χ1v) is 8.89. The second-order valence-electron chi connectivity index (χ2n) is 5.64. The molecular weight excluding hydrogens is 280 g/mol. The number of ether oxygens (including phenoxy) is 1. The smallest absolute Gasteiger partial charge is 0.310 e. The minimum atomic E-state index is -3.47. The highest BCUT2D eigenvalue weighted by atomic mass is 32.2. The fourth-order valence-corrected chi connectivity index (χ4v) is 4.95. The molecule has 1 aliphatic carbocycles. The highest BCUT2D eigenvalue weighted by Crippen LogP contribution is 2.30. The number of nitrogens with one attached hydrogen (secondary N) is 2. The molecule has 1 saturated carbocycles. The molecule has 7 heteroatoms. The van der Waals surface area contributed by atoms with Gasteiger partial charge in [0.2, 0.25) is 10.0 Å². The Labute approximate surface area is 120 Å². The highest BCUT2D eigenvalue weighted by molar-refractivity contribution is 7.90. The zero-order chi connectivity index (χ0) is 14.6. The molecule has 2 aliphatic rings. The zero-order valence-electron chi connectivity index (χ0n) is 11.9. The molecule has 6 nitrogen and oxygen atoms in total. The van der Waals surface area contributed by atoms with Crippen molar-refractivity contribution in [1.29, 1.82) is 0 Å². The molecule has 0 aromatic carbocycles. The van der Waals surface area contributed by atoms with Gasteiger partial charge in [0.05, 0.1) is 18.3 Å². The van der Waals surface area contributed by atoms with Gasteiger partial charge in [-0.15, -0.1) is 0 Å². The topological polar surface area (TPSA) is 84.5 Å². The molecule has 0 radical (unpaired) electrons. The van der Waals surface area contributed by atoms with Crippen LogP contribution in [0.3, 0.4) is 0 Å². The summed E-state index contributed by atoms with van der Waals surface area (Å²) in [6, 6.07) is 0.213. The van der Waals surface area contributed by atoms with Gasteiger partial charge in [0, 0.05) is 12.6 Å². The summed E-state index contributed by atoms with van der Waals surface area (Å²) >= 11 is 0. The Morgan fingerprint density at radius 1 is 1.25 bits per heavy atom. The van der Waals surface area contributed by atoms with Crippen molar-refractivity contribution >= 4 is 16.0 Å². The van der Waals surface area contributed by atoms with Crippen molar-refractivity contribution < 1.29 is 17.9 Å². The second kappa shape index (κ2) is 6.87. The van der Waals surface area contributed by atoms with Gasteiger partial charge in [0.1, 0.15) is 0 Å². The minimum absolute atomic E-state index is 0.213. The van der Waals surface area contributed by atoms with Crippen molar-refractivity contribution in [3.05, 3.63) is 0 Å². The molecule has 0 aromatic rings. The molecule has 20 heavy (non-hydrogen) atoms. The lowest BCUT2D eigenvalue weighted by Gasteiger charge is -2.29. The number of carbonyl (C=O) groups is 1. The summed E-state index contributed by atoms with van der Waals surface area (Å²) in [5.74, 6) is -0.929. The van der Waals surface area contributed by atoms with Crippen LogP contribution < -0.4 is 10.0 Å². The molecule has 2 fully saturated rings. The van der Waals surface area contributed by atoms with Gasteiger partial charge in [0.15, 0.2) is 0 Å². The van der Waals surface area contributed by atoms with Gasteiger partial charge in [-0.3, -0.25) is 4.79 Å². The average Bonchev–Trinajstić information content (AvgIpc) is 2.98. The van der Waals surface area contributed by atoms with Crippen molar-refractivity contribution in [2.45, 2.75) is 49.8 Å². The van der Waals surface area contributed by atoms with Crippen molar-refractivity contribution in [3.63, 3.8) is 0 Å². The molecule has 3 atom stereocenters. The van der Waals surface area contributed by atoms with Gasteiger partial charge in [-0.2, -0.15) is 0 Å². The number of sulfonamides is 1. The maximum atomic E-state index is 12.4. The lowest BCUT2D eigenvalue weighted by Crippen LogP contribution is -2.47. The van der Waals surface area contributed by atoms with Crippen LogP contribution in [-0.4, -0.2) is 45.9 Å². The first-order chi connectivity index (χ1) is 9.54. The summed E-state index contributed by atoms with van der Waals surface area (Å²) < 4.78 is 32.3. The van der Waals surface area contributed by atoms with Gasteiger partial charge in [-0.05, 0) is 32.2 Å². The monoisotopic (exact) mass is 304 g/mol.